The molecule has 11 nitrogen and oxygen atoms in total. The van der Waals surface area contributed by atoms with Crippen LogP contribution in [0, 0.1) is 22.0 Å². The third kappa shape index (κ3) is 3.59. The van der Waals surface area contributed by atoms with Crippen molar-refractivity contribution in [1.29, 1.82) is 0 Å². The number of amides is 3. The molecule has 0 radical (unpaired) electrons. The average Bonchev–Trinajstić information content (AvgIpc) is 3.33. The number of nitrogens with zero attached hydrogens (tertiary/aromatic N) is 3. The minimum atomic E-state index is -0.527. The molecule has 3 amide bonds. The van der Waals surface area contributed by atoms with Crippen molar-refractivity contribution >= 4 is 45.8 Å². The van der Waals surface area contributed by atoms with E-state index in [1.807, 2.05) is 12.2 Å². The standard InChI is InChI=1S/C22H18N6O5/c29-20(23-19-17-11-14(28(32)33)8-9-18(17)24-25-19)12-4-3-5-13(10-12)26-27-21(30)15-6-1-2-7-16(15)22(27)31/h1-5,8-11,15-16,26H,6-7H2,(H2,23,24,25,29). The summed E-state index contributed by atoms with van der Waals surface area (Å²) in [5.41, 5.74) is 3.89. The SMILES string of the molecule is O=C(Nc1n[nH]c2ccc([N+](=O)[O-])cc12)c1cccc(NN2C(=O)C3CC=CCC3C2=O)c1. The summed E-state index contributed by atoms with van der Waals surface area (Å²) in [4.78, 5) is 48.7. The van der Waals surface area contributed by atoms with Crippen molar-refractivity contribution in [2.75, 3.05) is 10.7 Å². The zero-order valence-electron chi connectivity index (χ0n) is 17.1. The van der Waals surface area contributed by atoms with Crippen LogP contribution in [0.1, 0.15) is 23.2 Å². The van der Waals surface area contributed by atoms with E-state index in [1.54, 1.807) is 18.2 Å². The molecule has 2 atom stereocenters. The fourth-order valence-corrected chi connectivity index (χ4v) is 4.16. The first-order valence-electron chi connectivity index (χ1n) is 10.3. The van der Waals surface area contributed by atoms with Gasteiger partial charge in [-0.25, -0.2) is 0 Å². The second kappa shape index (κ2) is 7.86. The van der Waals surface area contributed by atoms with Gasteiger partial charge in [0.2, 0.25) is 0 Å². The van der Waals surface area contributed by atoms with E-state index in [2.05, 4.69) is 20.9 Å². The number of carbonyl (C=O) groups is 3. The number of hydrogen-bond donors (Lipinski definition) is 3. The Labute approximate surface area is 186 Å². The van der Waals surface area contributed by atoms with Gasteiger partial charge in [0.15, 0.2) is 5.82 Å². The van der Waals surface area contributed by atoms with Gasteiger partial charge in [-0.1, -0.05) is 18.2 Å². The van der Waals surface area contributed by atoms with Gasteiger partial charge in [0.05, 0.1) is 33.3 Å². The molecule has 1 aliphatic carbocycles. The highest BCUT2D eigenvalue weighted by Gasteiger charge is 2.47. The second-order valence-electron chi connectivity index (χ2n) is 7.87. The first kappa shape index (κ1) is 20.4. The first-order chi connectivity index (χ1) is 15.9. The Bertz CT molecular complexity index is 1320. The van der Waals surface area contributed by atoms with E-state index >= 15 is 0 Å². The van der Waals surface area contributed by atoms with Crippen molar-refractivity contribution in [2.24, 2.45) is 11.8 Å². The lowest BCUT2D eigenvalue weighted by molar-refractivity contribution is -0.384. The number of rotatable bonds is 5. The van der Waals surface area contributed by atoms with Crippen LogP contribution in [0.15, 0.2) is 54.6 Å². The lowest BCUT2D eigenvalue weighted by Gasteiger charge is -2.17. The third-order valence-corrected chi connectivity index (χ3v) is 5.86. The molecule has 2 unspecified atom stereocenters. The molecule has 1 aliphatic heterocycles. The van der Waals surface area contributed by atoms with Gasteiger partial charge in [-0.2, -0.15) is 10.1 Å². The predicted molar refractivity (Wildman–Crippen MR) is 118 cm³/mol. The highest BCUT2D eigenvalue weighted by Crippen LogP contribution is 2.35. The smallest absolute Gasteiger partial charge is 0.270 e. The van der Waals surface area contributed by atoms with Crippen LogP contribution in [0.4, 0.5) is 17.2 Å². The quantitative estimate of drug-likeness (QED) is 0.236. The summed E-state index contributed by atoms with van der Waals surface area (Å²) >= 11 is 0. The van der Waals surface area contributed by atoms with Crippen molar-refractivity contribution in [2.45, 2.75) is 12.8 Å². The van der Waals surface area contributed by atoms with Gasteiger partial charge in [0, 0.05) is 17.7 Å². The van der Waals surface area contributed by atoms with Crippen LogP contribution in [0.3, 0.4) is 0 Å². The number of nitrogens with one attached hydrogen (secondary N) is 3. The molecule has 0 spiro atoms. The summed E-state index contributed by atoms with van der Waals surface area (Å²) in [6.07, 6.45) is 4.89. The maximum absolute atomic E-state index is 12.8. The highest BCUT2D eigenvalue weighted by molar-refractivity contribution is 6.09. The molecule has 2 aromatic carbocycles. The molecule has 0 saturated carbocycles. The molecule has 3 aromatic rings. The Hall–Kier alpha value is -4.54. The Morgan fingerprint density at radius 1 is 1.09 bits per heavy atom. The van der Waals surface area contributed by atoms with Crippen molar-refractivity contribution in [1.82, 2.24) is 15.2 Å². The van der Waals surface area contributed by atoms with Crippen LogP contribution >= 0.6 is 0 Å². The molecule has 1 fully saturated rings. The minimum Gasteiger partial charge on any atom is -0.305 e. The zero-order chi connectivity index (χ0) is 23.1. The molecule has 5 rings (SSSR count). The number of imide groups is 1. The van der Waals surface area contributed by atoms with Crippen LogP contribution < -0.4 is 10.7 Å². The molecule has 33 heavy (non-hydrogen) atoms. The van der Waals surface area contributed by atoms with E-state index in [0.717, 1.165) is 5.01 Å². The largest absolute Gasteiger partial charge is 0.305 e. The molecule has 166 valence electrons. The van der Waals surface area contributed by atoms with E-state index in [0.29, 0.717) is 29.4 Å². The summed E-state index contributed by atoms with van der Waals surface area (Å²) in [6, 6.07) is 10.5. The van der Waals surface area contributed by atoms with Crippen LogP contribution in [-0.2, 0) is 9.59 Å². The molecule has 11 heteroatoms. The predicted octanol–water partition coefficient (Wildman–Crippen LogP) is 3.00. The molecular weight excluding hydrogens is 428 g/mol. The maximum atomic E-state index is 12.8. The van der Waals surface area contributed by atoms with Gasteiger partial charge >= 0.3 is 0 Å². The van der Waals surface area contributed by atoms with Crippen molar-refractivity contribution < 1.29 is 19.3 Å². The first-order valence-corrected chi connectivity index (χ1v) is 10.3. The molecule has 1 aromatic heterocycles. The number of anilines is 2. The monoisotopic (exact) mass is 446 g/mol. The average molecular weight is 446 g/mol. The van der Waals surface area contributed by atoms with Gasteiger partial charge in [-0.05, 0) is 37.1 Å². The number of aromatic nitrogens is 2. The van der Waals surface area contributed by atoms with Crippen molar-refractivity contribution in [3.63, 3.8) is 0 Å². The van der Waals surface area contributed by atoms with Gasteiger partial charge in [0.1, 0.15) is 0 Å². The van der Waals surface area contributed by atoms with Gasteiger partial charge in [-0.3, -0.25) is 35.0 Å². The number of hydrogen-bond acceptors (Lipinski definition) is 7. The Kier molecular flexibility index (Phi) is 4.85. The summed E-state index contributed by atoms with van der Waals surface area (Å²) < 4.78 is 0. The number of non-ortho nitro benzene ring substituents is 1. The van der Waals surface area contributed by atoms with Crippen LogP contribution in [0.5, 0.6) is 0 Å². The van der Waals surface area contributed by atoms with E-state index in [1.165, 1.54) is 24.3 Å². The number of benzene rings is 2. The maximum Gasteiger partial charge on any atom is 0.270 e. The normalized spacial score (nSPS) is 19.6. The zero-order valence-corrected chi connectivity index (χ0v) is 17.1. The molecule has 1 saturated heterocycles. The lowest BCUT2D eigenvalue weighted by Crippen LogP contribution is -2.36. The highest BCUT2D eigenvalue weighted by atomic mass is 16.6. The van der Waals surface area contributed by atoms with Gasteiger partial charge < -0.3 is 5.32 Å². The summed E-state index contributed by atoms with van der Waals surface area (Å²) in [6.45, 7) is 0. The molecule has 0 bridgehead atoms. The topological polar surface area (TPSA) is 150 Å². The van der Waals surface area contributed by atoms with Crippen LogP contribution in [-0.4, -0.2) is 37.9 Å². The minimum absolute atomic E-state index is 0.124. The number of H-pyrrole nitrogens is 1. The second-order valence-corrected chi connectivity index (χ2v) is 7.87. The summed E-state index contributed by atoms with van der Waals surface area (Å²) in [5, 5.41) is 21.9. The fraction of sp³-hybridized carbons (Fsp3) is 0.182. The number of carbonyl (C=O) groups excluding carboxylic acids is 3. The number of nitro benzene ring substituents is 1. The molecule has 2 aliphatic rings. The Morgan fingerprint density at radius 3 is 2.52 bits per heavy atom. The number of aromatic amines is 1. The van der Waals surface area contributed by atoms with Gasteiger partial charge in [0.25, 0.3) is 23.4 Å². The van der Waals surface area contributed by atoms with Gasteiger partial charge in [-0.15, -0.1) is 0 Å². The number of nitro groups is 1. The number of hydrazine groups is 1. The summed E-state index contributed by atoms with van der Waals surface area (Å²) in [7, 11) is 0. The van der Waals surface area contributed by atoms with Crippen molar-refractivity contribution in [3.8, 4) is 0 Å². The van der Waals surface area contributed by atoms with Crippen molar-refractivity contribution in [3.05, 3.63) is 70.3 Å². The van der Waals surface area contributed by atoms with E-state index in [9.17, 15) is 24.5 Å². The third-order valence-electron chi connectivity index (χ3n) is 5.86. The lowest BCUT2D eigenvalue weighted by atomic mass is 9.85. The molecule has 2 heterocycles. The van der Waals surface area contributed by atoms with Crippen LogP contribution in [0.2, 0.25) is 0 Å². The fourth-order valence-electron chi connectivity index (χ4n) is 4.16. The van der Waals surface area contributed by atoms with E-state index in [-0.39, 0.29) is 40.7 Å². The van der Waals surface area contributed by atoms with Crippen LogP contribution in [0.25, 0.3) is 10.9 Å². The number of fused-ring (bicyclic) bond motifs is 2. The Balaban J connectivity index is 1.34. The van der Waals surface area contributed by atoms with E-state index in [4.69, 9.17) is 0 Å². The van der Waals surface area contributed by atoms with E-state index < -0.39 is 10.8 Å². The number of allylic oxidation sites excluding steroid dienone is 2. The Morgan fingerprint density at radius 2 is 1.82 bits per heavy atom. The molecular formula is C22H18N6O5. The summed E-state index contributed by atoms with van der Waals surface area (Å²) in [5.74, 6) is -1.64. The molecule has 3 N–H and O–H groups in total.